The zero-order valence-electron chi connectivity index (χ0n) is 12.0. The van der Waals surface area contributed by atoms with Gasteiger partial charge < -0.3 is 9.84 Å². The number of hydrogen-bond acceptors (Lipinski definition) is 4. The highest BCUT2D eigenvalue weighted by Gasteiger charge is 2.13. The summed E-state index contributed by atoms with van der Waals surface area (Å²) < 4.78 is 6.42. The predicted octanol–water partition coefficient (Wildman–Crippen LogP) is 1.06. The monoisotopic (exact) mass is 290 g/mol. The number of aryl methyl sites for hydroxylation is 1. The predicted molar refractivity (Wildman–Crippen MR) is 79.1 cm³/mol. The van der Waals surface area contributed by atoms with Crippen molar-refractivity contribution in [1.82, 2.24) is 9.55 Å². The fourth-order valence-electron chi connectivity index (χ4n) is 2.27. The van der Waals surface area contributed by atoms with E-state index in [0.717, 1.165) is 11.3 Å². The van der Waals surface area contributed by atoms with Crippen LogP contribution in [-0.4, -0.2) is 21.8 Å². The molecule has 0 aliphatic carbocycles. The fourth-order valence-corrected chi connectivity index (χ4v) is 2.27. The Hall–Kier alpha value is -2.50. The number of hydrogen-bond donors (Lipinski definition) is 2. The average molecular weight is 290 g/mol. The molecule has 2 rings (SSSR count). The molecule has 0 fully saturated rings. The van der Waals surface area contributed by atoms with Crippen LogP contribution in [0.3, 0.4) is 0 Å². The topological polar surface area (TPSA) is 84.3 Å². The number of benzene rings is 1. The number of rotatable bonds is 5. The lowest BCUT2D eigenvalue weighted by Crippen LogP contribution is -2.32. The maximum absolute atomic E-state index is 11.8. The van der Waals surface area contributed by atoms with Crippen molar-refractivity contribution in [3.05, 3.63) is 56.2 Å². The van der Waals surface area contributed by atoms with Crippen molar-refractivity contribution in [3.63, 3.8) is 0 Å². The number of aromatic hydroxyl groups is 1. The van der Waals surface area contributed by atoms with Gasteiger partial charge in [0, 0.05) is 6.54 Å². The molecule has 1 heterocycles. The first-order valence-corrected chi connectivity index (χ1v) is 6.75. The van der Waals surface area contributed by atoms with E-state index in [0.29, 0.717) is 12.8 Å². The lowest BCUT2D eigenvalue weighted by molar-refractivity contribution is 0.388. The number of para-hydroxylation sites is 1. The van der Waals surface area contributed by atoms with E-state index in [1.54, 1.807) is 14.0 Å². The number of aromatic amines is 1. The van der Waals surface area contributed by atoms with Crippen LogP contribution in [0.5, 0.6) is 11.6 Å². The van der Waals surface area contributed by atoms with Crippen molar-refractivity contribution < 1.29 is 9.84 Å². The van der Waals surface area contributed by atoms with Crippen molar-refractivity contribution in [2.24, 2.45) is 0 Å². The third-order valence-corrected chi connectivity index (χ3v) is 3.42. The molecule has 0 aliphatic rings. The molecule has 6 nitrogen and oxygen atoms in total. The van der Waals surface area contributed by atoms with Gasteiger partial charge in [-0.05, 0) is 24.5 Å². The average Bonchev–Trinajstić information content (AvgIpc) is 2.47. The maximum atomic E-state index is 11.8. The van der Waals surface area contributed by atoms with Crippen LogP contribution in [0.25, 0.3) is 0 Å². The summed E-state index contributed by atoms with van der Waals surface area (Å²) >= 11 is 0. The smallest absolute Gasteiger partial charge is 0.331 e. The Morgan fingerprint density at radius 3 is 2.67 bits per heavy atom. The molecule has 0 saturated carbocycles. The lowest BCUT2D eigenvalue weighted by atomic mass is 10.1. The van der Waals surface area contributed by atoms with Crippen LogP contribution < -0.4 is 16.0 Å². The van der Waals surface area contributed by atoms with Crippen LogP contribution in [0.15, 0.2) is 33.9 Å². The minimum absolute atomic E-state index is 0.217. The highest BCUT2D eigenvalue weighted by atomic mass is 16.5. The van der Waals surface area contributed by atoms with Crippen molar-refractivity contribution in [1.29, 1.82) is 0 Å². The molecule has 0 unspecified atom stereocenters. The SMILES string of the molecule is CCc1c(O)n(CCc2ccccc2OC)c(=O)[nH]c1=O. The summed E-state index contributed by atoms with van der Waals surface area (Å²) in [5.74, 6) is 0.464. The van der Waals surface area contributed by atoms with Gasteiger partial charge in [-0.1, -0.05) is 25.1 Å². The standard InChI is InChI=1S/C15H18N2O4/c1-3-11-13(18)16-15(20)17(14(11)19)9-8-10-6-4-5-7-12(10)21-2/h4-7,19H,3,8-9H2,1-2H3,(H,16,18,20). The summed E-state index contributed by atoms with van der Waals surface area (Å²) in [6, 6.07) is 7.47. The summed E-state index contributed by atoms with van der Waals surface area (Å²) in [6.45, 7) is 2.01. The molecule has 0 atom stereocenters. The molecule has 2 aromatic rings. The van der Waals surface area contributed by atoms with E-state index in [-0.39, 0.29) is 18.0 Å². The van der Waals surface area contributed by atoms with E-state index in [1.165, 1.54) is 4.57 Å². The molecule has 0 bridgehead atoms. The minimum atomic E-state index is -0.607. The first-order chi connectivity index (χ1) is 10.1. The molecule has 0 aliphatic heterocycles. The van der Waals surface area contributed by atoms with Gasteiger partial charge in [-0.3, -0.25) is 14.3 Å². The number of aromatic nitrogens is 2. The summed E-state index contributed by atoms with van der Waals surface area (Å²) in [7, 11) is 1.58. The summed E-state index contributed by atoms with van der Waals surface area (Å²) in [4.78, 5) is 25.6. The van der Waals surface area contributed by atoms with Crippen LogP contribution in [0.4, 0.5) is 0 Å². The van der Waals surface area contributed by atoms with Gasteiger partial charge in [0.2, 0.25) is 5.88 Å². The Labute approximate surface area is 121 Å². The Morgan fingerprint density at radius 1 is 1.29 bits per heavy atom. The lowest BCUT2D eigenvalue weighted by Gasteiger charge is -2.12. The van der Waals surface area contributed by atoms with Crippen LogP contribution in [0.1, 0.15) is 18.1 Å². The van der Waals surface area contributed by atoms with Crippen LogP contribution in [0.2, 0.25) is 0 Å². The molecular weight excluding hydrogens is 272 g/mol. The first-order valence-electron chi connectivity index (χ1n) is 6.75. The van der Waals surface area contributed by atoms with Gasteiger partial charge in [-0.2, -0.15) is 0 Å². The minimum Gasteiger partial charge on any atom is -0.496 e. The van der Waals surface area contributed by atoms with Gasteiger partial charge >= 0.3 is 5.69 Å². The maximum Gasteiger partial charge on any atom is 0.331 e. The third-order valence-electron chi connectivity index (χ3n) is 3.42. The van der Waals surface area contributed by atoms with Gasteiger partial charge in [0.25, 0.3) is 5.56 Å². The zero-order valence-corrected chi connectivity index (χ0v) is 12.0. The van der Waals surface area contributed by atoms with Gasteiger partial charge in [-0.15, -0.1) is 0 Å². The van der Waals surface area contributed by atoms with Crippen LogP contribution in [0, 0.1) is 0 Å². The van der Waals surface area contributed by atoms with E-state index >= 15 is 0 Å². The van der Waals surface area contributed by atoms with E-state index in [4.69, 9.17) is 4.74 Å². The molecule has 1 aromatic heterocycles. The summed E-state index contributed by atoms with van der Waals surface area (Å²) in [5.41, 5.74) is 0.00307. The molecule has 2 N–H and O–H groups in total. The first kappa shape index (κ1) is 14.9. The number of nitrogens with zero attached hydrogens (tertiary/aromatic N) is 1. The van der Waals surface area contributed by atoms with Crippen molar-refractivity contribution in [2.45, 2.75) is 26.3 Å². The van der Waals surface area contributed by atoms with Crippen molar-refractivity contribution in [2.75, 3.05) is 7.11 Å². The van der Waals surface area contributed by atoms with Gasteiger partial charge in [-0.25, -0.2) is 4.79 Å². The van der Waals surface area contributed by atoms with E-state index in [2.05, 4.69) is 4.98 Å². The molecule has 6 heteroatoms. The highest BCUT2D eigenvalue weighted by Crippen LogP contribution is 2.19. The van der Waals surface area contributed by atoms with E-state index in [9.17, 15) is 14.7 Å². The number of H-pyrrole nitrogens is 1. The van der Waals surface area contributed by atoms with Gasteiger partial charge in [0.1, 0.15) is 5.75 Å². The van der Waals surface area contributed by atoms with E-state index < -0.39 is 11.2 Å². The number of nitrogens with one attached hydrogen (secondary N) is 1. The molecule has 21 heavy (non-hydrogen) atoms. The zero-order chi connectivity index (χ0) is 15.4. The number of ether oxygens (including phenoxy) is 1. The third kappa shape index (κ3) is 2.99. The van der Waals surface area contributed by atoms with Crippen LogP contribution >= 0.6 is 0 Å². The van der Waals surface area contributed by atoms with Crippen molar-refractivity contribution >= 4 is 0 Å². The normalized spacial score (nSPS) is 10.6. The highest BCUT2D eigenvalue weighted by molar-refractivity contribution is 5.33. The Kier molecular flexibility index (Phi) is 4.47. The van der Waals surface area contributed by atoms with Gasteiger partial charge in [0.05, 0.1) is 12.7 Å². The summed E-state index contributed by atoms with van der Waals surface area (Å²) in [5, 5.41) is 10.1. The molecular formula is C15H18N2O4. The molecule has 112 valence electrons. The molecule has 0 saturated heterocycles. The molecule has 0 spiro atoms. The Morgan fingerprint density at radius 2 is 2.00 bits per heavy atom. The van der Waals surface area contributed by atoms with Crippen molar-refractivity contribution in [3.8, 4) is 11.6 Å². The van der Waals surface area contributed by atoms with Crippen LogP contribution in [-0.2, 0) is 19.4 Å². The quantitative estimate of drug-likeness (QED) is 0.862. The Bertz CT molecular complexity index is 746. The second-order valence-corrected chi connectivity index (χ2v) is 4.63. The second kappa shape index (κ2) is 6.30. The number of methoxy groups -OCH3 is 1. The Balaban J connectivity index is 2.33. The molecule has 1 aromatic carbocycles. The summed E-state index contributed by atoms with van der Waals surface area (Å²) in [6.07, 6.45) is 0.864. The second-order valence-electron chi connectivity index (χ2n) is 4.63. The fraction of sp³-hybridized carbons (Fsp3) is 0.333. The molecule has 0 amide bonds. The van der Waals surface area contributed by atoms with E-state index in [1.807, 2.05) is 24.3 Å². The molecule has 0 radical (unpaired) electrons. The van der Waals surface area contributed by atoms with Gasteiger partial charge in [0.15, 0.2) is 0 Å². The largest absolute Gasteiger partial charge is 0.496 e.